The van der Waals surface area contributed by atoms with Crippen LogP contribution in [0.4, 0.5) is 14.9 Å². The Morgan fingerprint density at radius 3 is 2.55 bits per heavy atom. The summed E-state index contributed by atoms with van der Waals surface area (Å²) < 4.78 is 12.9. The van der Waals surface area contributed by atoms with Crippen LogP contribution >= 0.6 is 11.3 Å². The molecule has 2 amide bonds. The molecule has 2 aromatic rings. The van der Waals surface area contributed by atoms with Crippen LogP contribution in [0.2, 0.25) is 0 Å². The van der Waals surface area contributed by atoms with Crippen molar-refractivity contribution in [3.8, 4) is 0 Å². The van der Waals surface area contributed by atoms with Crippen LogP contribution in [0.15, 0.2) is 41.8 Å². The van der Waals surface area contributed by atoms with Crippen LogP contribution in [0, 0.1) is 5.82 Å². The fourth-order valence-electron chi connectivity index (χ4n) is 3.10. The molecule has 116 valence electrons. The molecule has 1 fully saturated rings. The van der Waals surface area contributed by atoms with Gasteiger partial charge in [0.05, 0.1) is 0 Å². The zero-order valence-electron chi connectivity index (χ0n) is 12.3. The number of halogens is 1. The molecule has 5 heteroatoms. The van der Waals surface area contributed by atoms with Crippen molar-refractivity contribution in [2.45, 2.75) is 31.1 Å². The van der Waals surface area contributed by atoms with Crippen molar-refractivity contribution in [1.29, 1.82) is 0 Å². The summed E-state index contributed by atoms with van der Waals surface area (Å²) in [6, 6.07) is 9.77. The number of benzene rings is 1. The molecule has 0 spiro atoms. The molecule has 3 nitrogen and oxygen atoms in total. The van der Waals surface area contributed by atoms with Crippen LogP contribution < -0.4 is 10.6 Å². The summed E-state index contributed by atoms with van der Waals surface area (Å²) in [6.45, 7) is 0.639. The number of carbonyl (C=O) groups is 1. The van der Waals surface area contributed by atoms with E-state index in [1.165, 1.54) is 29.9 Å². The van der Waals surface area contributed by atoms with E-state index in [0.717, 1.165) is 12.8 Å². The number of rotatable bonds is 4. The maximum Gasteiger partial charge on any atom is 0.319 e. The van der Waals surface area contributed by atoms with Crippen molar-refractivity contribution in [2.24, 2.45) is 0 Å². The van der Waals surface area contributed by atoms with Gasteiger partial charge >= 0.3 is 6.03 Å². The van der Waals surface area contributed by atoms with Crippen LogP contribution in [0.5, 0.6) is 0 Å². The Morgan fingerprint density at radius 1 is 1.18 bits per heavy atom. The van der Waals surface area contributed by atoms with E-state index in [0.29, 0.717) is 12.2 Å². The summed E-state index contributed by atoms with van der Waals surface area (Å²) in [5, 5.41) is 7.81. The first-order valence-electron chi connectivity index (χ1n) is 7.52. The van der Waals surface area contributed by atoms with Crippen LogP contribution in [-0.4, -0.2) is 12.6 Å². The zero-order chi connectivity index (χ0) is 15.4. The molecule has 1 aliphatic rings. The molecule has 0 aliphatic heterocycles. The summed E-state index contributed by atoms with van der Waals surface area (Å²) in [5.74, 6) is -0.312. The van der Waals surface area contributed by atoms with Gasteiger partial charge in [0, 0.05) is 22.5 Å². The topological polar surface area (TPSA) is 41.1 Å². The number of hydrogen-bond donors (Lipinski definition) is 2. The number of nitrogens with one attached hydrogen (secondary N) is 2. The lowest BCUT2D eigenvalue weighted by Crippen LogP contribution is -2.40. The molecule has 1 saturated carbocycles. The van der Waals surface area contributed by atoms with Crippen molar-refractivity contribution in [3.63, 3.8) is 0 Å². The Balaban J connectivity index is 1.60. The molecule has 2 N–H and O–H groups in total. The molecule has 0 unspecified atom stereocenters. The summed E-state index contributed by atoms with van der Waals surface area (Å²) in [6.07, 6.45) is 4.65. The first-order valence-corrected chi connectivity index (χ1v) is 8.40. The molecule has 0 atom stereocenters. The van der Waals surface area contributed by atoms with Crippen molar-refractivity contribution in [3.05, 3.63) is 52.5 Å². The summed E-state index contributed by atoms with van der Waals surface area (Å²) >= 11 is 1.76. The van der Waals surface area contributed by atoms with Crippen LogP contribution in [0.25, 0.3) is 0 Å². The lowest BCUT2D eigenvalue weighted by molar-refractivity contribution is 0.248. The van der Waals surface area contributed by atoms with Gasteiger partial charge in [0.1, 0.15) is 5.82 Å². The highest BCUT2D eigenvalue weighted by Gasteiger charge is 2.36. The van der Waals surface area contributed by atoms with Crippen molar-refractivity contribution in [1.82, 2.24) is 5.32 Å². The monoisotopic (exact) mass is 318 g/mol. The predicted octanol–water partition coefficient (Wildman–Crippen LogP) is 4.52. The molecule has 0 saturated heterocycles. The third-order valence-electron chi connectivity index (χ3n) is 4.29. The van der Waals surface area contributed by atoms with Crippen molar-refractivity contribution in [2.75, 3.05) is 11.9 Å². The average molecular weight is 318 g/mol. The quantitative estimate of drug-likeness (QED) is 0.855. The van der Waals surface area contributed by atoms with Gasteiger partial charge in [-0.15, -0.1) is 11.3 Å². The third kappa shape index (κ3) is 3.30. The fraction of sp³-hybridized carbons (Fsp3) is 0.353. The van der Waals surface area contributed by atoms with E-state index < -0.39 is 0 Å². The minimum absolute atomic E-state index is 0.0777. The molecule has 0 radical (unpaired) electrons. The van der Waals surface area contributed by atoms with E-state index in [1.54, 1.807) is 23.5 Å². The fourth-order valence-corrected chi connectivity index (χ4v) is 4.09. The maximum absolute atomic E-state index is 12.9. The smallest absolute Gasteiger partial charge is 0.319 e. The van der Waals surface area contributed by atoms with Gasteiger partial charge in [0.15, 0.2) is 0 Å². The largest absolute Gasteiger partial charge is 0.337 e. The van der Waals surface area contributed by atoms with Gasteiger partial charge in [-0.25, -0.2) is 9.18 Å². The molecule has 1 heterocycles. The molecule has 0 bridgehead atoms. The molecule has 3 rings (SSSR count). The highest BCUT2D eigenvalue weighted by Crippen LogP contribution is 2.42. The van der Waals surface area contributed by atoms with E-state index >= 15 is 0 Å². The Bertz CT molecular complexity index is 619. The molecule has 1 aliphatic carbocycles. The standard InChI is InChI=1S/C17H19FN2OS/c18-13-5-7-14(8-6-13)20-16(21)19-12-17(9-1-2-10-17)15-4-3-11-22-15/h3-8,11H,1-2,9-10,12H2,(H2,19,20,21). The van der Waals surface area contributed by atoms with E-state index in [2.05, 4.69) is 28.1 Å². The van der Waals surface area contributed by atoms with Gasteiger partial charge in [-0.05, 0) is 48.6 Å². The molecular formula is C17H19FN2OS. The highest BCUT2D eigenvalue weighted by atomic mass is 32.1. The number of anilines is 1. The number of thiophene rings is 1. The van der Waals surface area contributed by atoms with Gasteiger partial charge in [-0.1, -0.05) is 18.9 Å². The van der Waals surface area contributed by atoms with Gasteiger partial charge in [-0.2, -0.15) is 0 Å². The average Bonchev–Trinajstić information content (AvgIpc) is 3.19. The van der Waals surface area contributed by atoms with E-state index in [9.17, 15) is 9.18 Å². The van der Waals surface area contributed by atoms with Crippen molar-refractivity contribution < 1.29 is 9.18 Å². The highest BCUT2D eigenvalue weighted by molar-refractivity contribution is 7.10. The SMILES string of the molecule is O=C(NCC1(c2cccs2)CCCC1)Nc1ccc(F)cc1. The number of urea groups is 1. The van der Waals surface area contributed by atoms with E-state index in [1.807, 2.05) is 0 Å². The van der Waals surface area contributed by atoms with Gasteiger partial charge in [-0.3, -0.25) is 0 Å². The Morgan fingerprint density at radius 2 is 1.91 bits per heavy atom. The van der Waals surface area contributed by atoms with Crippen molar-refractivity contribution >= 4 is 23.1 Å². The number of hydrogen-bond acceptors (Lipinski definition) is 2. The minimum Gasteiger partial charge on any atom is -0.337 e. The van der Waals surface area contributed by atoms with Crippen LogP contribution in [0.1, 0.15) is 30.6 Å². The Labute approximate surface area is 133 Å². The lowest BCUT2D eigenvalue weighted by Gasteiger charge is -2.28. The summed E-state index contributed by atoms with van der Waals surface area (Å²) in [5.41, 5.74) is 0.671. The first-order chi connectivity index (χ1) is 10.7. The van der Waals surface area contributed by atoms with Crippen LogP contribution in [0.3, 0.4) is 0 Å². The third-order valence-corrected chi connectivity index (χ3v) is 5.41. The van der Waals surface area contributed by atoms with E-state index in [4.69, 9.17) is 0 Å². The second-order valence-electron chi connectivity index (χ2n) is 5.78. The molecular weight excluding hydrogens is 299 g/mol. The molecule has 22 heavy (non-hydrogen) atoms. The number of carbonyl (C=O) groups excluding carboxylic acids is 1. The zero-order valence-corrected chi connectivity index (χ0v) is 13.1. The maximum atomic E-state index is 12.9. The van der Waals surface area contributed by atoms with E-state index in [-0.39, 0.29) is 17.3 Å². The number of amides is 2. The molecule has 1 aromatic carbocycles. The summed E-state index contributed by atoms with van der Waals surface area (Å²) in [4.78, 5) is 13.4. The minimum atomic E-state index is -0.312. The Hall–Kier alpha value is -1.88. The van der Waals surface area contributed by atoms with Gasteiger partial charge in [0.2, 0.25) is 0 Å². The second kappa shape index (κ2) is 6.48. The van der Waals surface area contributed by atoms with Crippen LogP contribution in [-0.2, 0) is 5.41 Å². The molecule has 1 aromatic heterocycles. The Kier molecular flexibility index (Phi) is 4.43. The second-order valence-corrected chi connectivity index (χ2v) is 6.73. The van der Waals surface area contributed by atoms with Gasteiger partial charge < -0.3 is 10.6 Å². The normalized spacial score (nSPS) is 16.4. The first kappa shape index (κ1) is 15.0. The predicted molar refractivity (Wildman–Crippen MR) is 87.9 cm³/mol. The lowest BCUT2D eigenvalue weighted by atomic mass is 9.84. The summed E-state index contributed by atoms with van der Waals surface area (Å²) in [7, 11) is 0. The van der Waals surface area contributed by atoms with Gasteiger partial charge in [0.25, 0.3) is 0 Å².